The maximum absolute atomic E-state index is 13.3. The van der Waals surface area contributed by atoms with Crippen molar-refractivity contribution in [3.8, 4) is 11.1 Å². The Kier molecular flexibility index (Phi) is 5.29. The van der Waals surface area contributed by atoms with Crippen molar-refractivity contribution in [2.45, 2.75) is 63.4 Å². The molecule has 2 heterocycles. The number of rotatable bonds is 3. The first-order chi connectivity index (χ1) is 15.0. The monoisotopic (exact) mass is 437 g/mol. The van der Waals surface area contributed by atoms with Crippen LogP contribution < -0.4 is 4.90 Å². The van der Waals surface area contributed by atoms with Crippen LogP contribution in [-0.4, -0.2) is 30.4 Å². The van der Waals surface area contributed by atoms with Gasteiger partial charge in [0.15, 0.2) is 11.4 Å². The lowest BCUT2D eigenvalue weighted by Crippen LogP contribution is -2.39. The van der Waals surface area contributed by atoms with E-state index in [4.69, 9.17) is 16.3 Å². The Morgan fingerprint density at radius 3 is 2.48 bits per heavy atom. The minimum Gasteiger partial charge on any atom is -0.450 e. The van der Waals surface area contributed by atoms with Gasteiger partial charge in [0.05, 0.1) is 0 Å². The predicted octanol–water partition coefficient (Wildman–Crippen LogP) is 5.83. The van der Waals surface area contributed by atoms with Crippen molar-refractivity contribution in [3.63, 3.8) is 0 Å². The largest absolute Gasteiger partial charge is 0.450 e. The smallest absolute Gasteiger partial charge is 0.322 e. The molecule has 2 aromatic rings. The number of esters is 1. The molecule has 5 heteroatoms. The molecule has 5 rings (SSSR count). The van der Waals surface area contributed by atoms with Crippen LogP contribution in [-0.2, 0) is 14.3 Å². The molecule has 2 aliphatic heterocycles. The van der Waals surface area contributed by atoms with Gasteiger partial charge in [-0.2, -0.15) is 0 Å². The summed E-state index contributed by atoms with van der Waals surface area (Å²) in [6.45, 7) is 4.12. The number of carbonyl (C=O) groups is 2. The van der Waals surface area contributed by atoms with E-state index in [1.54, 1.807) is 6.07 Å². The Balaban J connectivity index is 1.48. The third-order valence-corrected chi connectivity index (χ3v) is 7.51. The van der Waals surface area contributed by atoms with Gasteiger partial charge in [0.25, 0.3) is 0 Å². The number of ketones is 1. The molecular weight excluding hydrogens is 410 g/mol. The van der Waals surface area contributed by atoms with E-state index in [1.165, 1.54) is 18.5 Å². The van der Waals surface area contributed by atoms with E-state index >= 15 is 0 Å². The lowest BCUT2D eigenvalue weighted by molar-refractivity contribution is -0.154. The van der Waals surface area contributed by atoms with E-state index < -0.39 is 17.5 Å². The number of hydrogen-bond acceptors (Lipinski definition) is 4. The van der Waals surface area contributed by atoms with Gasteiger partial charge in [0.2, 0.25) is 0 Å². The number of nitrogens with zero attached hydrogens (tertiary/aromatic N) is 1. The number of carbonyl (C=O) groups excluding carboxylic acids is 2. The average molecular weight is 438 g/mol. The summed E-state index contributed by atoms with van der Waals surface area (Å²) in [7, 11) is 0. The zero-order chi connectivity index (χ0) is 21.6. The molecule has 1 saturated carbocycles. The van der Waals surface area contributed by atoms with Gasteiger partial charge in [-0.05, 0) is 86.4 Å². The van der Waals surface area contributed by atoms with Gasteiger partial charge in [-0.25, -0.2) is 0 Å². The molecule has 4 nitrogen and oxygen atoms in total. The minimum atomic E-state index is -0.915. The fourth-order valence-corrected chi connectivity index (χ4v) is 5.77. The fraction of sp³-hybridized carbons (Fsp3) is 0.462. The van der Waals surface area contributed by atoms with Crippen LogP contribution in [0.15, 0.2) is 36.4 Å². The van der Waals surface area contributed by atoms with Crippen LogP contribution in [0.3, 0.4) is 0 Å². The van der Waals surface area contributed by atoms with Crippen LogP contribution in [0.1, 0.15) is 62.0 Å². The highest BCUT2D eigenvalue weighted by Gasteiger charge is 2.55. The predicted molar refractivity (Wildman–Crippen MR) is 123 cm³/mol. The van der Waals surface area contributed by atoms with Crippen molar-refractivity contribution in [3.05, 3.63) is 52.5 Å². The molecule has 31 heavy (non-hydrogen) atoms. The Bertz CT molecular complexity index is 1030. The molecule has 3 aliphatic rings. The molecule has 0 bridgehead atoms. The average Bonchev–Trinajstić information content (AvgIpc) is 3.38. The Hall–Kier alpha value is -2.33. The topological polar surface area (TPSA) is 46.6 Å². The molecule has 162 valence electrons. The van der Waals surface area contributed by atoms with Gasteiger partial charge in [-0.1, -0.05) is 30.2 Å². The number of halogens is 1. The fourth-order valence-electron chi connectivity index (χ4n) is 5.49. The highest BCUT2D eigenvalue weighted by Crippen LogP contribution is 2.45. The molecule has 1 atom stereocenters. The summed E-state index contributed by atoms with van der Waals surface area (Å²) >= 11 is 6.72. The molecule has 0 aromatic heterocycles. The van der Waals surface area contributed by atoms with E-state index in [9.17, 15) is 9.59 Å². The van der Waals surface area contributed by atoms with Crippen LogP contribution in [0.25, 0.3) is 11.1 Å². The van der Waals surface area contributed by atoms with Crippen LogP contribution in [0.2, 0.25) is 5.02 Å². The molecule has 2 aromatic carbocycles. The van der Waals surface area contributed by atoms with Crippen molar-refractivity contribution >= 4 is 29.0 Å². The van der Waals surface area contributed by atoms with E-state index in [1.807, 2.05) is 13.0 Å². The number of Topliss-reactive ketones (excluding diaryl/α,β-unsaturated/α-hetero) is 1. The SMILES string of the molecule is Cc1cc(-c2cccc(N3CCCC3)c2)c(Cl)cc1C1C(=O)OC2(CCCCC2)C1=O. The van der Waals surface area contributed by atoms with Crippen molar-refractivity contribution in [1.29, 1.82) is 0 Å². The van der Waals surface area contributed by atoms with Gasteiger partial charge < -0.3 is 9.64 Å². The normalized spacial score (nSPS) is 22.9. The minimum absolute atomic E-state index is 0.0832. The molecule has 1 aliphatic carbocycles. The summed E-state index contributed by atoms with van der Waals surface area (Å²) in [5, 5.41) is 0.560. The van der Waals surface area contributed by atoms with Gasteiger partial charge in [0, 0.05) is 29.4 Å². The van der Waals surface area contributed by atoms with E-state index in [-0.39, 0.29) is 5.78 Å². The van der Waals surface area contributed by atoms with Gasteiger partial charge in [-0.3, -0.25) is 9.59 Å². The highest BCUT2D eigenvalue weighted by atomic mass is 35.5. The summed E-state index contributed by atoms with van der Waals surface area (Å²) in [6, 6.07) is 12.3. The van der Waals surface area contributed by atoms with E-state index in [2.05, 4.69) is 29.2 Å². The standard InChI is InChI=1S/C26H28ClNO3/c1-17-14-21(18-8-7-9-19(15-18)28-12-5-6-13-28)22(27)16-20(17)23-24(29)26(31-25(23)30)10-3-2-4-11-26/h7-9,14-16,23H,2-6,10-13H2,1H3. The van der Waals surface area contributed by atoms with Crippen LogP contribution >= 0.6 is 11.6 Å². The number of hydrogen-bond donors (Lipinski definition) is 0. The van der Waals surface area contributed by atoms with Gasteiger partial charge in [-0.15, -0.1) is 0 Å². The lowest BCUT2D eigenvalue weighted by atomic mass is 9.77. The number of benzene rings is 2. The first-order valence-electron chi connectivity index (χ1n) is 11.4. The molecule has 2 saturated heterocycles. The van der Waals surface area contributed by atoms with Crippen LogP contribution in [0.4, 0.5) is 5.69 Å². The number of anilines is 1. The second kappa shape index (κ2) is 7.98. The molecule has 1 unspecified atom stereocenters. The summed E-state index contributed by atoms with van der Waals surface area (Å²) in [4.78, 5) is 28.5. The number of ether oxygens (including phenoxy) is 1. The van der Waals surface area contributed by atoms with Crippen LogP contribution in [0, 0.1) is 6.92 Å². The lowest BCUT2D eigenvalue weighted by Gasteiger charge is -2.29. The van der Waals surface area contributed by atoms with E-state index in [0.29, 0.717) is 23.4 Å². The maximum atomic E-state index is 13.3. The molecule has 1 spiro atoms. The first-order valence-corrected chi connectivity index (χ1v) is 11.8. The summed E-state index contributed by atoms with van der Waals surface area (Å²) in [5.74, 6) is -1.37. The maximum Gasteiger partial charge on any atom is 0.322 e. The van der Waals surface area contributed by atoms with E-state index in [0.717, 1.165) is 49.0 Å². The Morgan fingerprint density at radius 2 is 1.74 bits per heavy atom. The van der Waals surface area contributed by atoms with Crippen LogP contribution in [0.5, 0.6) is 0 Å². The van der Waals surface area contributed by atoms with Gasteiger partial charge in [0.1, 0.15) is 5.92 Å². The molecular formula is C26H28ClNO3. The first kappa shape index (κ1) is 20.6. The number of aryl methyl sites for hydroxylation is 1. The highest BCUT2D eigenvalue weighted by molar-refractivity contribution is 6.33. The third kappa shape index (κ3) is 3.55. The molecule has 3 fully saturated rings. The second-order valence-corrected chi connectivity index (χ2v) is 9.61. The third-order valence-electron chi connectivity index (χ3n) is 7.20. The molecule has 0 radical (unpaired) electrons. The van der Waals surface area contributed by atoms with Crippen molar-refractivity contribution in [1.82, 2.24) is 0 Å². The Morgan fingerprint density at radius 1 is 1.00 bits per heavy atom. The van der Waals surface area contributed by atoms with Gasteiger partial charge >= 0.3 is 5.97 Å². The molecule has 0 N–H and O–H groups in total. The zero-order valence-corrected chi connectivity index (χ0v) is 18.7. The van der Waals surface area contributed by atoms with Crippen molar-refractivity contribution in [2.24, 2.45) is 0 Å². The quantitative estimate of drug-likeness (QED) is 0.447. The zero-order valence-electron chi connectivity index (χ0n) is 18.0. The Labute approximate surface area is 188 Å². The molecule has 0 amide bonds. The van der Waals surface area contributed by atoms with Crippen molar-refractivity contribution < 1.29 is 14.3 Å². The van der Waals surface area contributed by atoms with Crippen molar-refractivity contribution in [2.75, 3.05) is 18.0 Å². The summed E-state index contributed by atoms with van der Waals surface area (Å²) in [6.07, 6.45) is 6.69. The summed E-state index contributed by atoms with van der Waals surface area (Å²) < 4.78 is 5.71. The summed E-state index contributed by atoms with van der Waals surface area (Å²) in [5.41, 5.74) is 3.85. The second-order valence-electron chi connectivity index (χ2n) is 9.21.